The van der Waals surface area contributed by atoms with Crippen LogP contribution in [0.25, 0.3) is 11.3 Å². The fraction of sp³-hybridized carbons (Fsp3) is 0.368. The first kappa shape index (κ1) is 17.3. The van der Waals surface area contributed by atoms with Gasteiger partial charge in [0.05, 0.1) is 28.7 Å². The van der Waals surface area contributed by atoms with Crippen molar-refractivity contribution in [3.05, 3.63) is 53.1 Å². The lowest BCUT2D eigenvalue weighted by molar-refractivity contribution is 0.0725. The Morgan fingerprint density at radius 1 is 1.26 bits per heavy atom. The molecule has 1 atom stereocenters. The molecular weight excluding hydrogens is 344 g/mol. The summed E-state index contributed by atoms with van der Waals surface area (Å²) < 4.78 is 5.28. The predicted octanol–water partition coefficient (Wildman–Crippen LogP) is 2.82. The summed E-state index contributed by atoms with van der Waals surface area (Å²) in [5, 5.41) is 11.8. The van der Waals surface area contributed by atoms with E-state index in [0.29, 0.717) is 18.1 Å². The van der Waals surface area contributed by atoms with Crippen LogP contribution in [0.15, 0.2) is 28.9 Å². The van der Waals surface area contributed by atoms with Crippen LogP contribution in [0, 0.1) is 20.8 Å². The molecule has 0 aliphatic carbocycles. The van der Waals surface area contributed by atoms with Crippen molar-refractivity contribution >= 4 is 5.91 Å². The first-order valence-electron chi connectivity index (χ1n) is 8.92. The van der Waals surface area contributed by atoms with Crippen molar-refractivity contribution in [2.24, 2.45) is 0 Å². The molecule has 138 valence electrons. The summed E-state index contributed by atoms with van der Waals surface area (Å²) in [5.41, 5.74) is 3.61. The largest absolute Gasteiger partial charge is 0.361 e. The van der Waals surface area contributed by atoms with E-state index in [1.807, 2.05) is 31.7 Å². The molecule has 1 saturated heterocycles. The van der Waals surface area contributed by atoms with Crippen LogP contribution in [-0.4, -0.2) is 42.7 Å². The second-order valence-corrected chi connectivity index (χ2v) is 6.69. The lowest BCUT2D eigenvalue weighted by Gasteiger charge is -2.24. The number of carbonyl (C=O) groups is 1. The Balaban J connectivity index is 1.71. The first-order chi connectivity index (χ1) is 13.0. The molecule has 0 aromatic carbocycles. The van der Waals surface area contributed by atoms with Gasteiger partial charge in [-0.25, -0.2) is 9.97 Å². The van der Waals surface area contributed by atoms with Crippen molar-refractivity contribution in [3.63, 3.8) is 0 Å². The van der Waals surface area contributed by atoms with Crippen LogP contribution in [0.2, 0.25) is 0 Å². The van der Waals surface area contributed by atoms with E-state index in [9.17, 15) is 4.79 Å². The number of nitrogens with zero attached hydrogens (tertiary/aromatic N) is 6. The van der Waals surface area contributed by atoms with E-state index in [1.54, 1.807) is 18.3 Å². The van der Waals surface area contributed by atoms with Gasteiger partial charge in [0.1, 0.15) is 11.6 Å². The molecule has 1 aliphatic heterocycles. The minimum atomic E-state index is -0.124. The van der Waals surface area contributed by atoms with Crippen LogP contribution in [0.3, 0.4) is 0 Å². The Bertz CT molecular complexity index is 966. The zero-order valence-corrected chi connectivity index (χ0v) is 15.5. The normalized spacial score (nSPS) is 16.7. The van der Waals surface area contributed by atoms with Crippen LogP contribution in [0.4, 0.5) is 0 Å². The van der Waals surface area contributed by atoms with Gasteiger partial charge in [-0.2, -0.15) is 5.10 Å². The molecule has 3 aromatic heterocycles. The third-order valence-electron chi connectivity index (χ3n) is 4.79. The number of hydrogen-bond acceptors (Lipinski definition) is 7. The molecule has 0 N–H and O–H groups in total. The van der Waals surface area contributed by atoms with Crippen molar-refractivity contribution < 1.29 is 9.32 Å². The molecular formula is C19H20N6O2. The Morgan fingerprint density at radius 2 is 2.11 bits per heavy atom. The van der Waals surface area contributed by atoms with Crippen LogP contribution >= 0.6 is 0 Å². The number of carbonyl (C=O) groups excluding carboxylic acids is 1. The highest BCUT2D eigenvalue weighted by Gasteiger charge is 2.33. The Morgan fingerprint density at radius 3 is 2.81 bits per heavy atom. The quantitative estimate of drug-likeness (QED) is 0.705. The molecule has 27 heavy (non-hydrogen) atoms. The lowest BCUT2D eigenvalue weighted by Crippen LogP contribution is -2.32. The maximum absolute atomic E-state index is 12.9. The molecule has 1 aliphatic rings. The molecule has 0 radical (unpaired) electrons. The predicted molar refractivity (Wildman–Crippen MR) is 96.8 cm³/mol. The average molecular weight is 364 g/mol. The van der Waals surface area contributed by atoms with Gasteiger partial charge in [0.25, 0.3) is 5.91 Å². The molecule has 1 fully saturated rings. The van der Waals surface area contributed by atoms with Gasteiger partial charge in [-0.15, -0.1) is 5.10 Å². The van der Waals surface area contributed by atoms with E-state index >= 15 is 0 Å². The van der Waals surface area contributed by atoms with E-state index in [2.05, 4.69) is 25.3 Å². The maximum Gasteiger partial charge on any atom is 0.274 e. The average Bonchev–Trinajstić information content (AvgIpc) is 3.28. The minimum Gasteiger partial charge on any atom is -0.361 e. The summed E-state index contributed by atoms with van der Waals surface area (Å²) in [7, 11) is 0. The molecule has 0 bridgehead atoms. The molecule has 1 unspecified atom stereocenters. The minimum absolute atomic E-state index is 0.111. The van der Waals surface area contributed by atoms with Gasteiger partial charge < -0.3 is 9.42 Å². The van der Waals surface area contributed by atoms with Crippen molar-refractivity contribution in [3.8, 4) is 11.3 Å². The molecule has 8 nitrogen and oxygen atoms in total. The maximum atomic E-state index is 12.9. The topological polar surface area (TPSA) is 97.9 Å². The second kappa shape index (κ2) is 6.86. The Hall–Kier alpha value is -3.16. The van der Waals surface area contributed by atoms with Gasteiger partial charge in [-0.1, -0.05) is 5.16 Å². The Labute approximate surface area is 156 Å². The molecule has 4 heterocycles. The molecule has 3 aromatic rings. The standard InChI is InChI=1S/C19H20N6O2/c1-11-18(12(2)27-24-11)16-10-15(21-13(3)22-16)17-7-5-9-25(17)19(26)14-6-4-8-20-23-14/h4,6,8,10,17H,5,7,9H2,1-3H3. The summed E-state index contributed by atoms with van der Waals surface area (Å²) >= 11 is 0. The number of aromatic nitrogens is 5. The SMILES string of the molecule is Cc1nc(-c2c(C)noc2C)cc(C2CCCN2C(=O)c2cccnn2)n1. The first-order valence-corrected chi connectivity index (χ1v) is 8.92. The van der Waals surface area contributed by atoms with Crippen LogP contribution in [0.5, 0.6) is 0 Å². The van der Waals surface area contributed by atoms with E-state index in [-0.39, 0.29) is 11.9 Å². The van der Waals surface area contributed by atoms with Gasteiger partial charge >= 0.3 is 0 Å². The summed E-state index contributed by atoms with van der Waals surface area (Å²) in [6.45, 7) is 6.28. The third-order valence-corrected chi connectivity index (χ3v) is 4.79. The number of rotatable bonds is 3. The summed E-state index contributed by atoms with van der Waals surface area (Å²) in [4.78, 5) is 23.9. The molecule has 0 saturated carbocycles. The molecule has 4 rings (SSSR count). The van der Waals surface area contributed by atoms with Gasteiger partial charge in [0, 0.05) is 12.7 Å². The van der Waals surface area contributed by atoms with Crippen molar-refractivity contribution in [2.75, 3.05) is 6.54 Å². The fourth-order valence-corrected chi connectivity index (χ4v) is 3.62. The third kappa shape index (κ3) is 3.18. The smallest absolute Gasteiger partial charge is 0.274 e. The van der Waals surface area contributed by atoms with Gasteiger partial charge in [0.15, 0.2) is 5.69 Å². The lowest BCUT2D eigenvalue weighted by atomic mass is 10.1. The highest BCUT2D eigenvalue weighted by atomic mass is 16.5. The van der Waals surface area contributed by atoms with Crippen molar-refractivity contribution in [2.45, 2.75) is 39.7 Å². The van der Waals surface area contributed by atoms with E-state index < -0.39 is 0 Å². The zero-order valence-electron chi connectivity index (χ0n) is 15.5. The van der Waals surface area contributed by atoms with E-state index in [4.69, 9.17) is 4.52 Å². The monoisotopic (exact) mass is 364 g/mol. The van der Waals surface area contributed by atoms with Crippen LogP contribution < -0.4 is 0 Å². The number of likely N-dealkylation sites (tertiary alicyclic amines) is 1. The number of hydrogen-bond donors (Lipinski definition) is 0. The highest BCUT2D eigenvalue weighted by molar-refractivity contribution is 5.92. The van der Waals surface area contributed by atoms with Crippen LogP contribution in [-0.2, 0) is 0 Å². The van der Waals surface area contributed by atoms with Crippen molar-refractivity contribution in [1.29, 1.82) is 0 Å². The van der Waals surface area contributed by atoms with E-state index in [0.717, 1.165) is 41.2 Å². The molecule has 8 heteroatoms. The number of aryl methyl sites for hydroxylation is 3. The van der Waals surface area contributed by atoms with Gasteiger partial charge in [0.2, 0.25) is 0 Å². The second-order valence-electron chi connectivity index (χ2n) is 6.69. The summed E-state index contributed by atoms with van der Waals surface area (Å²) in [6.07, 6.45) is 3.33. The molecule has 1 amide bonds. The summed E-state index contributed by atoms with van der Waals surface area (Å²) in [5.74, 6) is 1.25. The zero-order chi connectivity index (χ0) is 19.0. The fourth-order valence-electron chi connectivity index (χ4n) is 3.62. The molecule has 0 spiro atoms. The van der Waals surface area contributed by atoms with E-state index in [1.165, 1.54) is 0 Å². The van der Waals surface area contributed by atoms with Crippen molar-refractivity contribution in [1.82, 2.24) is 30.2 Å². The number of amides is 1. The van der Waals surface area contributed by atoms with Crippen LogP contribution in [0.1, 0.15) is 52.3 Å². The highest BCUT2D eigenvalue weighted by Crippen LogP contribution is 2.34. The summed E-state index contributed by atoms with van der Waals surface area (Å²) in [6, 6.07) is 5.23. The van der Waals surface area contributed by atoms with Gasteiger partial charge in [-0.3, -0.25) is 4.79 Å². The van der Waals surface area contributed by atoms with Gasteiger partial charge in [-0.05, 0) is 51.8 Å². The Kier molecular flexibility index (Phi) is 4.39.